The Bertz CT molecular complexity index is 332. The van der Waals surface area contributed by atoms with Crippen LogP contribution in [0.25, 0.3) is 0 Å². The molecule has 1 aliphatic carbocycles. The molecule has 0 spiro atoms. The van der Waals surface area contributed by atoms with Gasteiger partial charge in [0.2, 0.25) is 5.95 Å². The number of anilines is 1. The SMILES string of the molecule is CCCNc1nccn1C1CCCC(CC)C1. The maximum Gasteiger partial charge on any atom is 0.203 e. The molecule has 1 heterocycles. The van der Waals surface area contributed by atoms with Crippen LogP contribution in [0.2, 0.25) is 0 Å². The fraction of sp³-hybridized carbons (Fsp3) is 0.786. The normalized spacial score (nSPS) is 24.8. The van der Waals surface area contributed by atoms with Crippen LogP contribution in [0.3, 0.4) is 0 Å². The standard InChI is InChI=1S/C14H25N3/c1-3-8-15-14-16-9-10-17(14)13-7-5-6-12(4-2)11-13/h9-10,12-13H,3-8,11H2,1-2H3,(H,15,16). The van der Waals surface area contributed by atoms with Gasteiger partial charge in [0.1, 0.15) is 0 Å². The topological polar surface area (TPSA) is 29.9 Å². The average Bonchev–Trinajstić information content (AvgIpc) is 2.84. The van der Waals surface area contributed by atoms with Crippen molar-refractivity contribution < 1.29 is 0 Å². The first kappa shape index (κ1) is 12.5. The highest BCUT2D eigenvalue weighted by atomic mass is 15.2. The molecule has 1 N–H and O–H groups in total. The fourth-order valence-electron chi connectivity index (χ4n) is 2.87. The van der Waals surface area contributed by atoms with Gasteiger partial charge >= 0.3 is 0 Å². The number of imidazole rings is 1. The predicted molar refractivity (Wildman–Crippen MR) is 72.3 cm³/mol. The highest BCUT2D eigenvalue weighted by molar-refractivity contribution is 5.26. The van der Waals surface area contributed by atoms with E-state index in [1.165, 1.54) is 32.1 Å². The molecular weight excluding hydrogens is 210 g/mol. The lowest BCUT2D eigenvalue weighted by Crippen LogP contribution is -2.20. The molecule has 3 nitrogen and oxygen atoms in total. The minimum absolute atomic E-state index is 0.663. The molecule has 0 bridgehead atoms. The Kier molecular flexibility index (Phi) is 4.46. The Morgan fingerprint density at radius 2 is 2.29 bits per heavy atom. The maximum absolute atomic E-state index is 4.43. The molecule has 0 radical (unpaired) electrons. The van der Waals surface area contributed by atoms with Crippen molar-refractivity contribution in [2.24, 2.45) is 5.92 Å². The van der Waals surface area contributed by atoms with E-state index >= 15 is 0 Å². The Morgan fingerprint density at radius 1 is 1.41 bits per heavy atom. The summed E-state index contributed by atoms with van der Waals surface area (Å²) in [5.74, 6) is 1.98. The summed E-state index contributed by atoms with van der Waals surface area (Å²) in [7, 11) is 0. The molecule has 17 heavy (non-hydrogen) atoms. The van der Waals surface area contributed by atoms with Crippen molar-refractivity contribution in [2.45, 2.75) is 58.4 Å². The third-order valence-electron chi connectivity index (χ3n) is 3.93. The third kappa shape index (κ3) is 3.02. The Morgan fingerprint density at radius 3 is 3.06 bits per heavy atom. The van der Waals surface area contributed by atoms with Gasteiger partial charge in [-0.3, -0.25) is 0 Å². The second kappa shape index (κ2) is 6.08. The number of aromatic nitrogens is 2. The van der Waals surface area contributed by atoms with Crippen LogP contribution >= 0.6 is 0 Å². The van der Waals surface area contributed by atoms with E-state index in [2.05, 4.69) is 34.9 Å². The smallest absolute Gasteiger partial charge is 0.203 e. The lowest BCUT2D eigenvalue weighted by Gasteiger charge is -2.30. The van der Waals surface area contributed by atoms with Gasteiger partial charge in [0.15, 0.2) is 0 Å². The zero-order chi connectivity index (χ0) is 12.1. The van der Waals surface area contributed by atoms with E-state index in [9.17, 15) is 0 Å². The van der Waals surface area contributed by atoms with Gasteiger partial charge in [-0.15, -0.1) is 0 Å². The molecule has 0 saturated heterocycles. The van der Waals surface area contributed by atoms with Gasteiger partial charge in [-0.2, -0.15) is 0 Å². The van der Waals surface area contributed by atoms with E-state index in [-0.39, 0.29) is 0 Å². The van der Waals surface area contributed by atoms with Crippen LogP contribution in [0.4, 0.5) is 5.95 Å². The van der Waals surface area contributed by atoms with Crippen molar-refractivity contribution in [1.29, 1.82) is 0 Å². The summed E-state index contributed by atoms with van der Waals surface area (Å²) in [6.07, 6.45) is 12.0. The minimum atomic E-state index is 0.663. The van der Waals surface area contributed by atoms with Gasteiger partial charge in [-0.1, -0.05) is 33.1 Å². The van der Waals surface area contributed by atoms with Gasteiger partial charge in [0.05, 0.1) is 0 Å². The number of nitrogens with zero attached hydrogens (tertiary/aromatic N) is 2. The summed E-state index contributed by atoms with van der Waals surface area (Å²) in [5.41, 5.74) is 0. The highest BCUT2D eigenvalue weighted by Crippen LogP contribution is 2.35. The first-order chi connectivity index (χ1) is 8.35. The minimum Gasteiger partial charge on any atom is -0.356 e. The van der Waals surface area contributed by atoms with E-state index in [1.807, 2.05) is 6.20 Å². The van der Waals surface area contributed by atoms with Crippen LogP contribution in [-0.2, 0) is 0 Å². The molecule has 0 amide bonds. The number of hydrogen-bond acceptors (Lipinski definition) is 2. The molecule has 1 aromatic heterocycles. The number of nitrogens with one attached hydrogen (secondary N) is 1. The third-order valence-corrected chi connectivity index (χ3v) is 3.93. The molecule has 1 aromatic rings. The lowest BCUT2D eigenvalue weighted by atomic mass is 9.84. The van der Waals surface area contributed by atoms with Crippen LogP contribution in [0.5, 0.6) is 0 Å². The van der Waals surface area contributed by atoms with Gasteiger partial charge in [-0.25, -0.2) is 4.98 Å². The molecule has 1 saturated carbocycles. The summed E-state index contributed by atoms with van der Waals surface area (Å²) in [4.78, 5) is 4.43. The summed E-state index contributed by atoms with van der Waals surface area (Å²) in [6, 6.07) is 0.663. The average molecular weight is 235 g/mol. The van der Waals surface area contributed by atoms with E-state index in [0.29, 0.717) is 6.04 Å². The van der Waals surface area contributed by atoms with Crippen LogP contribution < -0.4 is 5.32 Å². The molecule has 1 aliphatic rings. The molecule has 0 aliphatic heterocycles. The largest absolute Gasteiger partial charge is 0.356 e. The van der Waals surface area contributed by atoms with Gasteiger partial charge in [0.25, 0.3) is 0 Å². The Balaban J connectivity index is 2.02. The van der Waals surface area contributed by atoms with Gasteiger partial charge in [0, 0.05) is 25.0 Å². The Labute approximate surface area is 105 Å². The van der Waals surface area contributed by atoms with E-state index in [1.54, 1.807) is 0 Å². The molecule has 3 heteroatoms. The first-order valence-corrected chi connectivity index (χ1v) is 7.11. The van der Waals surface area contributed by atoms with Gasteiger partial charge in [-0.05, 0) is 25.2 Å². The maximum atomic E-state index is 4.43. The monoisotopic (exact) mass is 235 g/mol. The van der Waals surface area contributed by atoms with Crippen LogP contribution in [0.1, 0.15) is 58.4 Å². The molecular formula is C14H25N3. The molecule has 1 fully saturated rings. The van der Waals surface area contributed by atoms with Crippen molar-refractivity contribution in [3.63, 3.8) is 0 Å². The first-order valence-electron chi connectivity index (χ1n) is 7.11. The zero-order valence-corrected chi connectivity index (χ0v) is 11.2. The second-order valence-corrected chi connectivity index (χ2v) is 5.18. The summed E-state index contributed by atoms with van der Waals surface area (Å²) >= 11 is 0. The predicted octanol–water partition coefficient (Wildman–Crippen LogP) is 3.85. The van der Waals surface area contributed by atoms with Crippen molar-refractivity contribution >= 4 is 5.95 Å². The molecule has 2 rings (SSSR count). The van der Waals surface area contributed by atoms with E-state index in [0.717, 1.165) is 24.8 Å². The number of hydrogen-bond donors (Lipinski definition) is 1. The molecule has 0 aromatic carbocycles. The molecule has 2 unspecified atom stereocenters. The second-order valence-electron chi connectivity index (χ2n) is 5.18. The van der Waals surface area contributed by atoms with Crippen molar-refractivity contribution in [3.05, 3.63) is 12.4 Å². The van der Waals surface area contributed by atoms with Crippen molar-refractivity contribution in [2.75, 3.05) is 11.9 Å². The van der Waals surface area contributed by atoms with Crippen LogP contribution in [0.15, 0.2) is 12.4 Å². The quantitative estimate of drug-likeness (QED) is 0.840. The Hall–Kier alpha value is -0.990. The zero-order valence-electron chi connectivity index (χ0n) is 11.2. The number of rotatable bonds is 5. The highest BCUT2D eigenvalue weighted by Gasteiger charge is 2.23. The summed E-state index contributed by atoms with van der Waals surface area (Å²) < 4.78 is 2.36. The summed E-state index contributed by atoms with van der Waals surface area (Å²) in [5, 5.41) is 3.42. The summed E-state index contributed by atoms with van der Waals surface area (Å²) in [6.45, 7) is 5.52. The lowest BCUT2D eigenvalue weighted by molar-refractivity contribution is 0.263. The van der Waals surface area contributed by atoms with Crippen LogP contribution in [0, 0.1) is 5.92 Å². The fourth-order valence-corrected chi connectivity index (χ4v) is 2.87. The van der Waals surface area contributed by atoms with Crippen molar-refractivity contribution in [3.8, 4) is 0 Å². The molecule has 96 valence electrons. The molecule has 2 atom stereocenters. The van der Waals surface area contributed by atoms with Crippen molar-refractivity contribution in [1.82, 2.24) is 9.55 Å². The van der Waals surface area contributed by atoms with E-state index < -0.39 is 0 Å². The van der Waals surface area contributed by atoms with Crippen LogP contribution in [-0.4, -0.2) is 16.1 Å². The van der Waals surface area contributed by atoms with Gasteiger partial charge < -0.3 is 9.88 Å². The van der Waals surface area contributed by atoms with E-state index in [4.69, 9.17) is 0 Å².